The molecule has 186 valence electrons. The maximum atomic E-state index is 13.8. The normalized spacial score (nSPS) is 11.4. The van der Waals surface area contributed by atoms with Gasteiger partial charge in [-0.2, -0.15) is 0 Å². The van der Waals surface area contributed by atoms with Crippen LogP contribution in [0.5, 0.6) is 5.75 Å². The van der Waals surface area contributed by atoms with Crippen LogP contribution in [0, 0.1) is 5.82 Å². The van der Waals surface area contributed by atoms with Gasteiger partial charge in [-0.25, -0.2) is 9.18 Å². The standard InChI is InChI=1S/C31H26FNO4/c32-27-14-8-7-13-25(27)21-37-26-17-15-22(16-18-26)29(34)20-19-28(31(35)36)33-30(23-9-3-1-4-10-23)24-11-5-2-6-12-24/h1-18,28H,19-21H2,(H,35,36)/t28-/m0/s1. The third-order valence-corrected chi connectivity index (χ3v) is 5.84. The van der Waals surface area contributed by atoms with E-state index < -0.39 is 12.0 Å². The molecule has 4 aromatic carbocycles. The summed E-state index contributed by atoms with van der Waals surface area (Å²) in [5.74, 6) is -1.12. The summed E-state index contributed by atoms with van der Waals surface area (Å²) < 4.78 is 19.4. The zero-order valence-electron chi connectivity index (χ0n) is 20.1. The maximum Gasteiger partial charge on any atom is 0.328 e. The Morgan fingerprint density at radius 2 is 1.32 bits per heavy atom. The number of carboxylic acid groups (broad SMARTS) is 1. The molecule has 0 aliphatic carbocycles. The van der Waals surface area contributed by atoms with Gasteiger partial charge in [-0.1, -0.05) is 78.9 Å². The van der Waals surface area contributed by atoms with Crippen molar-refractivity contribution in [3.05, 3.63) is 137 Å². The number of halogens is 1. The van der Waals surface area contributed by atoms with Crippen LogP contribution < -0.4 is 4.74 Å². The number of nitrogens with zero attached hydrogens (tertiary/aromatic N) is 1. The molecule has 0 spiro atoms. The molecule has 6 heteroatoms. The molecule has 0 unspecified atom stereocenters. The monoisotopic (exact) mass is 495 g/mol. The first-order valence-corrected chi connectivity index (χ1v) is 11.9. The molecule has 0 aliphatic heterocycles. The minimum Gasteiger partial charge on any atom is -0.489 e. The van der Waals surface area contributed by atoms with Crippen molar-refractivity contribution >= 4 is 17.5 Å². The first-order chi connectivity index (χ1) is 18.0. The lowest BCUT2D eigenvalue weighted by Crippen LogP contribution is -2.22. The molecule has 0 bridgehead atoms. The number of hydrogen-bond donors (Lipinski definition) is 1. The molecule has 1 atom stereocenters. The topological polar surface area (TPSA) is 76.0 Å². The summed E-state index contributed by atoms with van der Waals surface area (Å²) in [6.45, 7) is 0.0728. The van der Waals surface area contributed by atoms with Crippen LogP contribution in [-0.4, -0.2) is 28.6 Å². The second-order valence-electron chi connectivity index (χ2n) is 8.43. The van der Waals surface area contributed by atoms with Crippen molar-refractivity contribution in [1.82, 2.24) is 0 Å². The maximum absolute atomic E-state index is 13.8. The van der Waals surface area contributed by atoms with Gasteiger partial charge in [0.2, 0.25) is 0 Å². The molecule has 0 amide bonds. The molecule has 1 N–H and O–H groups in total. The van der Waals surface area contributed by atoms with E-state index in [-0.39, 0.29) is 31.0 Å². The molecule has 4 aromatic rings. The Kier molecular flexibility index (Phi) is 8.55. The first-order valence-electron chi connectivity index (χ1n) is 11.9. The number of Topliss-reactive ketones (excluding diaryl/α,β-unsaturated/α-hetero) is 1. The largest absolute Gasteiger partial charge is 0.489 e. The van der Waals surface area contributed by atoms with Crippen LogP contribution in [0.4, 0.5) is 4.39 Å². The number of carbonyl (C=O) groups is 2. The Morgan fingerprint density at radius 3 is 1.89 bits per heavy atom. The number of ketones is 1. The first kappa shape index (κ1) is 25.5. The van der Waals surface area contributed by atoms with Gasteiger partial charge in [0.05, 0.1) is 5.71 Å². The Labute approximate surface area is 214 Å². The number of carboxylic acids is 1. The van der Waals surface area contributed by atoms with Gasteiger partial charge in [0.25, 0.3) is 0 Å². The van der Waals surface area contributed by atoms with Crippen molar-refractivity contribution in [3.63, 3.8) is 0 Å². The van der Waals surface area contributed by atoms with E-state index >= 15 is 0 Å². The van der Waals surface area contributed by atoms with Crippen molar-refractivity contribution in [3.8, 4) is 5.75 Å². The van der Waals surface area contributed by atoms with E-state index in [0.29, 0.717) is 22.6 Å². The second-order valence-corrected chi connectivity index (χ2v) is 8.43. The number of benzene rings is 4. The molecule has 4 rings (SSSR count). The summed E-state index contributed by atoms with van der Waals surface area (Å²) in [4.78, 5) is 29.4. The Morgan fingerprint density at radius 1 is 0.757 bits per heavy atom. The number of aliphatic imine (C=N–C) groups is 1. The zero-order valence-corrected chi connectivity index (χ0v) is 20.1. The quantitative estimate of drug-likeness (QED) is 0.194. The molecule has 0 fully saturated rings. The average Bonchev–Trinajstić information content (AvgIpc) is 2.93. The van der Waals surface area contributed by atoms with E-state index in [2.05, 4.69) is 4.99 Å². The minimum atomic E-state index is -1.09. The van der Waals surface area contributed by atoms with E-state index in [1.807, 2.05) is 60.7 Å². The van der Waals surface area contributed by atoms with E-state index in [1.165, 1.54) is 6.07 Å². The summed E-state index contributed by atoms with van der Waals surface area (Å²) in [7, 11) is 0. The Hall–Kier alpha value is -4.58. The molecule has 0 aliphatic rings. The minimum absolute atomic E-state index is 0.0206. The second kappa shape index (κ2) is 12.4. The van der Waals surface area contributed by atoms with Crippen molar-refractivity contribution in [2.75, 3.05) is 0 Å². The van der Waals surface area contributed by atoms with E-state index in [1.54, 1.807) is 42.5 Å². The summed E-state index contributed by atoms with van der Waals surface area (Å²) in [5, 5.41) is 9.85. The number of ether oxygens (including phenoxy) is 1. The fraction of sp³-hybridized carbons (Fsp3) is 0.129. The zero-order chi connectivity index (χ0) is 26.0. The van der Waals surface area contributed by atoms with Gasteiger partial charge in [-0.15, -0.1) is 0 Å². The lowest BCUT2D eigenvalue weighted by molar-refractivity contribution is -0.138. The summed E-state index contributed by atoms with van der Waals surface area (Å²) >= 11 is 0. The predicted octanol–water partition coefficient (Wildman–Crippen LogP) is 6.36. The third kappa shape index (κ3) is 6.98. The molecule has 0 aromatic heterocycles. The van der Waals surface area contributed by atoms with Crippen LogP contribution in [0.1, 0.15) is 39.9 Å². The van der Waals surface area contributed by atoms with Crippen LogP contribution in [0.25, 0.3) is 0 Å². The molecule has 0 saturated heterocycles. The number of aliphatic carboxylic acids is 1. The van der Waals surface area contributed by atoms with Gasteiger partial charge in [-0.05, 0) is 36.8 Å². The highest BCUT2D eigenvalue weighted by Crippen LogP contribution is 2.19. The Bertz CT molecular complexity index is 1330. The lowest BCUT2D eigenvalue weighted by atomic mass is 10.00. The highest BCUT2D eigenvalue weighted by Gasteiger charge is 2.20. The lowest BCUT2D eigenvalue weighted by Gasteiger charge is -2.13. The molecular weight excluding hydrogens is 469 g/mol. The summed E-state index contributed by atoms with van der Waals surface area (Å²) in [5.41, 5.74) is 3.05. The fourth-order valence-corrected chi connectivity index (χ4v) is 3.83. The van der Waals surface area contributed by atoms with Crippen molar-refractivity contribution in [2.24, 2.45) is 4.99 Å². The smallest absolute Gasteiger partial charge is 0.328 e. The van der Waals surface area contributed by atoms with E-state index in [9.17, 15) is 19.1 Å². The van der Waals surface area contributed by atoms with Crippen LogP contribution in [-0.2, 0) is 11.4 Å². The van der Waals surface area contributed by atoms with E-state index in [0.717, 1.165) is 11.1 Å². The average molecular weight is 496 g/mol. The van der Waals surface area contributed by atoms with Crippen LogP contribution in [0.2, 0.25) is 0 Å². The fourth-order valence-electron chi connectivity index (χ4n) is 3.83. The van der Waals surface area contributed by atoms with Crippen molar-refractivity contribution < 1.29 is 23.8 Å². The van der Waals surface area contributed by atoms with Gasteiger partial charge in [-0.3, -0.25) is 9.79 Å². The predicted molar refractivity (Wildman–Crippen MR) is 141 cm³/mol. The molecule has 37 heavy (non-hydrogen) atoms. The summed E-state index contributed by atoms with van der Waals surface area (Å²) in [6, 6.07) is 30.6. The van der Waals surface area contributed by atoms with E-state index in [4.69, 9.17) is 4.74 Å². The summed E-state index contributed by atoms with van der Waals surface area (Å²) in [6.07, 6.45) is 0.0790. The number of carbonyl (C=O) groups excluding carboxylic acids is 1. The van der Waals surface area contributed by atoms with Gasteiger partial charge < -0.3 is 9.84 Å². The van der Waals surface area contributed by atoms with Crippen LogP contribution >= 0.6 is 0 Å². The number of hydrogen-bond acceptors (Lipinski definition) is 4. The number of rotatable bonds is 11. The molecule has 0 heterocycles. The molecule has 5 nitrogen and oxygen atoms in total. The van der Waals surface area contributed by atoms with Crippen LogP contribution in [0.15, 0.2) is 114 Å². The van der Waals surface area contributed by atoms with Crippen LogP contribution in [0.3, 0.4) is 0 Å². The molecule has 0 radical (unpaired) electrons. The van der Waals surface area contributed by atoms with Gasteiger partial charge in [0.1, 0.15) is 24.2 Å². The molecule has 0 saturated carbocycles. The van der Waals surface area contributed by atoms with Gasteiger partial charge >= 0.3 is 5.97 Å². The van der Waals surface area contributed by atoms with Crippen molar-refractivity contribution in [2.45, 2.75) is 25.5 Å². The highest BCUT2D eigenvalue weighted by molar-refractivity contribution is 6.13. The Balaban J connectivity index is 1.43. The highest BCUT2D eigenvalue weighted by atomic mass is 19.1. The molecular formula is C31H26FNO4. The van der Waals surface area contributed by atoms with Gasteiger partial charge in [0, 0.05) is 28.7 Å². The van der Waals surface area contributed by atoms with Gasteiger partial charge in [0.15, 0.2) is 5.78 Å². The van der Waals surface area contributed by atoms with Crippen molar-refractivity contribution in [1.29, 1.82) is 0 Å². The third-order valence-electron chi connectivity index (χ3n) is 5.84. The SMILES string of the molecule is O=C(CC[C@H](N=C(c1ccccc1)c1ccccc1)C(=O)O)c1ccc(OCc2ccccc2F)cc1.